The van der Waals surface area contributed by atoms with Crippen LogP contribution in [0.25, 0.3) is 22.1 Å². The van der Waals surface area contributed by atoms with E-state index in [2.05, 4.69) is 61.2 Å². The maximum Gasteiger partial charge on any atom is 0.305 e. The number of nitrogens with zero attached hydrogens (tertiary/aromatic N) is 8. The Morgan fingerprint density at radius 2 is 1.26 bits per heavy atom. The highest BCUT2D eigenvalue weighted by molar-refractivity contribution is 6.33. The lowest BCUT2D eigenvalue weighted by Gasteiger charge is -2.10. The third-order valence-corrected chi connectivity index (χ3v) is 7.65. The van der Waals surface area contributed by atoms with E-state index >= 15 is 0 Å². The van der Waals surface area contributed by atoms with E-state index in [1.54, 1.807) is 4.68 Å². The van der Waals surface area contributed by atoms with Gasteiger partial charge < -0.3 is 14.8 Å². The number of ether oxygens (including phenoxy) is 2. The van der Waals surface area contributed by atoms with E-state index in [-0.39, 0.29) is 24.8 Å². The molecule has 4 aromatic heterocycles. The third kappa shape index (κ3) is 9.00. The van der Waals surface area contributed by atoms with Crippen molar-refractivity contribution in [2.75, 3.05) is 19.5 Å². The van der Waals surface area contributed by atoms with Crippen LogP contribution in [0.1, 0.15) is 68.1 Å². The molecule has 0 aliphatic rings. The smallest absolute Gasteiger partial charge is 0.305 e. The molecule has 0 fully saturated rings. The number of esters is 2. The Morgan fingerprint density at radius 3 is 1.79 bits per heavy atom. The number of rotatable bonds is 13. The average molecular weight is 664 g/mol. The average Bonchev–Trinajstić information content (AvgIpc) is 3.57. The molecule has 0 spiro atoms. The van der Waals surface area contributed by atoms with Crippen molar-refractivity contribution in [2.24, 2.45) is 14.1 Å². The molecule has 5 aromatic rings. The Hall–Kier alpha value is -4.65. The number of methoxy groups -OCH3 is 2. The van der Waals surface area contributed by atoms with Crippen molar-refractivity contribution in [3.63, 3.8) is 0 Å². The van der Waals surface area contributed by atoms with Crippen LogP contribution in [-0.2, 0) is 65.4 Å². The van der Waals surface area contributed by atoms with E-state index in [1.165, 1.54) is 14.2 Å². The number of benzene rings is 1. The zero-order chi connectivity index (χ0) is 33.9. The molecule has 0 atom stereocenters. The topological polar surface area (TPSA) is 152 Å². The van der Waals surface area contributed by atoms with Crippen LogP contribution in [0.15, 0.2) is 30.3 Å². The molecule has 13 nitrogen and oxygen atoms in total. The molecule has 5 rings (SSSR count). The van der Waals surface area contributed by atoms with E-state index in [1.807, 2.05) is 37.0 Å². The summed E-state index contributed by atoms with van der Waals surface area (Å²) in [6.45, 7) is 4.85. The first-order valence-corrected chi connectivity index (χ1v) is 16.1. The lowest BCUT2D eigenvalue weighted by molar-refractivity contribution is -0.141. The zero-order valence-corrected chi connectivity index (χ0v) is 28.6. The van der Waals surface area contributed by atoms with Crippen molar-refractivity contribution in [1.29, 1.82) is 0 Å². The van der Waals surface area contributed by atoms with Crippen molar-refractivity contribution in [1.82, 2.24) is 39.5 Å². The van der Waals surface area contributed by atoms with E-state index in [0.717, 1.165) is 70.5 Å². The fraction of sp³-hybridized carbons (Fsp3) is 0.455. The minimum atomic E-state index is -0.287. The summed E-state index contributed by atoms with van der Waals surface area (Å²) in [5, 5.41) is 12.8. The number of carbonyl (C=O) groups excluding carboxylic acids is 2. The third-order valence-electron chi connectivity index (χ3n) is 7.39. The molecule has 0 amide bonds. The van der Waals surface area contributed by atoms with Gasteiger partial charge in [-0.15, -0.1) is 0 Å². The number of nitrogens with one attached hydrogen (secondary N) is 1. The molecule has 250 valence electrons. The number of carbonyl (C=O) groups is 2. The zero-order valence-electron chi connectivity index (χ0n) is 27.8. The first-order chi connectivity index (χ1) is 22.7. The van der Waals surface area contributed by atoms with Gasteiger partial charge in [0.05, 0.1) is 38.4 Å². The molecule has 0 saturated carbocycles. The van der Waals surface area contributed by atoms with Crippen molar-refractivity contribution in [3.8, 4) is 0 Å². The number of aryl methyl sites for hydroxylation is 6. The quantitative estimate of drug-likeness (QED) is 0.132. The number of anilines is 1. The standard InChI is InChI=1S/C20H25N5O2.C13H17ClN4O2/c1-4-8-15-18-19(25(2)24-15)20(21-13-14-9-6-5-7-10-14)23-16(22-18)11-12-17(26)27-3;1-4-5-8-11-12(18(2)17-8)13(14)16-9(15-11)6-7-10(19)20-3/h5-7,9-10H,4,8,11-13H2,1-3H3,(H,21,22,23);4-7H2,1-3H3. The second-order valence-corrected chi connectivity index (χ2v) is 11.3. The highest BCUT2D eigenvalue weighted by Crippen LogP contribution is 2.26. The number of hydrogen-bond acceptors (Lipinski definition) is 11. The van der Waals surface area contributed by atoms with Crippen molar-refractivity contribution in [3.05, 3.63) is 64.1 Å². The monoisotopic (exact) mass is 663 g/mol. The Balaban J connectivity index is 0.000000223. The van der Waals surface area contributed by atoms with Gasteiger partial charge in [0.25, 0.3) is 0 Å². The number of fused-ring (bicyclic) bond motifs is 2. The summed E-state index contributed by atoms with van der Waals surface area (Å²) in [5.74, 6) is 1.34. The lowest BCUT2D eigenvalue weighted by Crippen LogP contribution is -2.09. The van der Waals surface area contributed by atoms with Gasteiger partial charge in [0.15, 0.2) is 11.0 Å². The molecular weight excluding hydrogens is 622 g/mol. The molecule has 47 heavy (non-hydrogen) atoms. The predicted octanol–water partition coefficient (Wildman–Crippen LogP) is 5.11. The number of hydrogen-bond donors (Lipinski definition) is 1. The normalized spacial score (nSPS) is 11.0. The summed E-state index contributed by atoms with van der Waals surface area (Å²) in [4.78, 5) is 40.8. The minimum absolute atomic E-state index is 0.238. The maximum absolute atomic E-state index is 11.5. The van der Waals surface area contributed by atoms with Crippen LogP contribution in [0.4, 0.5) is 5.82 Å². The van der Waals surface area contributed by atoms with Crippen molar-refractivity contribution < 1.29 is 19.1 Å². The molecule has 0 aliphatic carbocycles. The summed E-state index contributed by atoms with van der Waals surface area (Å²) in [6, 6.07) is 10.1. The number of aromatic nitrogens is 8. The molecule has 14 heteroatoms. The van der Waals surface area contributed by atoms with Gasteiger partial charge in [0, 0.05) is 33.5 Å². The minimum Gasteiger partial charge on any atom is -0.469 e. The summed E-state index contributed by atoms with van der Waals surface area (Å²) in [5.41, 5.74) is 6.27. The Morgan fingerprint density at radius 1 is 0.745 bits per heavy atom. The molecule has 0 radical (unpaired) electrons. The number of halogens is 1. The van der Waals surface area contributed by atoms with Gasteiger partial charge in [-0.3, -0.25) is 19.0 Å². The largest absolute Gasteiger partial charge is 0.469 e. The van der Waals surface area contributed by atoms with Crippen molar-refractivity contribution in [2.45, 2.75) is 71.8 Å². The summed E-state index contributed by atoms with van der Waals surface area (Å²) in [6.07, 6.45) is 4.98. The van der Waals surface area contributed by atoms with E-state index in [4.69, 9.17) is 21.3 Å². The molecule has 1 N–H and O–H groups in total. The Kier molecular flexibility index (Phi) is 12.6. The van der Waals surface area contributed by atoms with Crippen LogP contribution >= 0.6 is 11.6 Å². The fourth-order valence-electron chi connectivity index (χ4n) is 5.10. The molecule has 0 unspecified atom stereocenters. The molecular formula is C33H42ClN9O4. The van der Waals surface area contributed by atoms with Gasteiger partial charge in [-0.1, -0.05) is 68.6 Å². The summed E-state index contributed by atoms with van der Waals surface area (Å²) in [7, 11) is 6.48. The van der Waals surface area contributed by atoms with Gasteiger partial charge in [-0.2, -0.15) is 10.2 Å². The van der Waals surface area contributed by atoms with Crippen LogP contribution < -0.4 is 5.32 Å². The van der Waals surface area contributed by atoms with E-state index in [0.29, 0.717) is 36.2 Å². The molecule has 0 aliphatic heterocycles. The highest BCUT2D eigenvalue weighted by Gasteiger charge is 2.18. The Bertz CT molecular complexity index is 1820. The van der Waals surface area contributed by atoms with Crippen LogP contribution in [0.3, 0.4) is 0 Å². The Labute approximate surface area is 279 Å². The van der Waals surface area contributed by atoms with E-state index in [9.17, 15) is 9.59 Å². The van der Waals surface area contributed by atoms with Crippen molar-refractivity contribution >= 4 is 51.4 Å². The van der Waals surface area contributed by atoms with Gasteiger partial charge >= 0.3 is 11.9 Å². The summed E-state index contributed by atoms with van der Waals surface area (Å²) >= 11 is 6.20. The molecule has 1 aromatic carbocycles. The maximum atomic E-state index is 11.5. The first-order valence-electron chi connectivity index (χ1n) is 15.7. The lowest BCUT2D eigenvalue weighted by atomic mass is 10.2. The predicted molar refractivity (Wildman–Crippen MR) is 180 cm³/mol. The molecule has 4 heterocycles. The second-order valence-electron chi connectivity index (χ2n) is 10.9. The van der Waals surface area contributed by atoms with Gasteiger partial charge in [-0.25, -0.2) is 19.9 Å². The summed E-state index contributed by atoms with van der Waals surface area (Å²) < 4.78 is 12.9. The van der Waals surface area contributed by atoms with Crippen LogP contribution in [0, 0.1) is 0 Å². The SMILES string of the molecule is CCCc1nn(C)c2c(Cl)nc(CCC(=O)OC)nc12.CCCc1nn(C)c2c(NCc3ccccc3)nc(CCC(=O)OC)nc12. The van der Waals surface area contributed by atoms with Gasteiger partial charge in [0.2, 0.25) is 0 Å². The van der Waals surface area contributed by atoms with E-state index < -0.39 is 0 Å². The van der Waals surface area contributed by atoms with Gasteiger partial charge in [-0.05, 0) is 18.4 Å². The fourth-order valence-corrected chi connectivity index (χ4v) is 5.40. The van der Waals surface area contributed by atoms with Gasteiger partial charge in [0.1, 0.15) is 33.7 Å². The van der Waals surface area contributed by atoms with Crippen LogP contribution in [-0.4, -0.2) is 65.7 Å². The molecule has 0 saturated heterocycles. The van der Waals surface area contributed by atoms with Crippen LogP contribution in [0.2, 0.25) is 5.15 Å². The first kappa shape index (κ1) is 35.2. The highest BCUT2D eigenvalue weighted by atomic mass is 35.5. The second kappa shape index (κ2) is 16.8. The van der Waals surface area contributed by atoms with Crippen LogP contribution in [0.5, 0.6) is 0 Å². The molecule has 0 bridgehead atoms.